The van der Waals surface area contributed by atoms with Crippen LogP contribution in [0.25, 0.3) is 11.6 Å². The molecule has 3 heteroatoms. The lowest BCUT2D eigenvalue weighted by Gasteiger charge is -2.11. The molecule has 1 aliphatic heterocycles. The van der Waals surface area contributed by atoms with Crippen molar-refractivity contribution in [1.29, 1.82) is 0 Å². The fraction of sp³-hybridized carbons (Fsp3) is 0.235. The molecule has 0 N–H and O–H groups in total. The summed E-state index contributed by atoms with van der Waals surface area (Å²) in [5, 5.41) is 0. The van der Waals surface area contributed by atoms with E-state index >= 15 is 0 Å². The molecule has 0 bridgehead atoms. The molecule has 20 heavy (non-hydrogen) atoms. The summed E-state index contributed by atoms with van der Waals surface area (Å²) in [6.07, 6.45) is 5.59. The molecule has 1 aliphatic rings. The molecule has 3 rings (SSSR count). The summed E-state index contributed by atoms with van der Waals surface area (Å²) in [6.45, 7) is 1.10. The van der Waals surface area contributed by atoms with Crippen LogP contribution in [0.15, 0.2) is 48.7 Å². The zero-order valence-corrected chi connectivity index (χ0v) is 13.5. The van der Waals surface area contributed by atoms with Crippen LogP contribution in [0.2, 0.25) is 0 Å². The Morgan fingerprint density at radius 3 is 2.50 bits per heavy atom. The largest absolute Gasteiger partial charge is 1.00 e. The summed E-state index contributed by atoms with van der Waals surface area (Å²) >= 11 is 0. The number of anilines is 1. The number of pyridine rings is 1. The molecule has 0 spiro atoms. The van der Waals surface area contributed by atoms with Gasteiger partial charge in [-0.2, -0.15) is 4.57 Å². The van der Waals surface area contributed by atoms with Gasteiger partial charge in [0, 0.05) is 43.9 Å². The molecule has 2 aromatic rings. The van der Waals surface area contributed by atoms with Crippen LogP contribution in [0, 0.1) is 0 Å². The summed E-state index contributed by atoms with van der Waals surface area (Å²) in [5.74, 6) is 0. The first-order valence-corrected chi connectivity index (χ1v) is 6.71. The Balaban J connectivity index is 0.00000147. The number of allylic oxidation sites excluding steroid dienone is 1. The van der Waals surface area contributed by atoms with E-state index in [1.807, 2.05) is 0 Å². The minimum atomic E-state index is 0. The highest BCUT2D eigenvalue weighted by molar-refractivity contribution is 5.79. The number of nitrogens with zero attached hydrogens (tertiary/aromatic N) is 2. The molecule has 2 nitrogen and oxygen atoms in total. The molecule has 0 fully saturated rings. The normalized spacial score (nSPS) is 14.8. The fourth-order valence-corrected chi connectivity index (χ4v) is 2.55. The van der Waals surface area contributed by atoms with Crippen LogP contribution in [0.1, 0.15) is 17.7 Å². The summed E-state index contributed by atoms with van der Waals surface area (Å²) in [4.78, 5) is 2.12. The Kier molecular flexibility index (Phi) is 4.61. The van der Waals surface area contributed by atoms with E-state index in [-0.39, 0.29) is 17.0 Å². The van der Waals surface area contributed by atoms with Gasteiger partial charge >= 0.3 is 0 Å². The van der Waals surface area contributed by atoms with Gasteiger partial charge in [0.2, 0.25) is 5.69 Å². The summed E-state index contributed by atoms with van der Waals surface area (Å²) in [6, 6.07) is 15.1. The molecule has 0 saturated carbocycles. The van der Waals surface area contributed by atoms with E-state index in [0.717, 1.165) is 13.0 Å². The molecular weight excluding hydrogens is 312 g/mol. The summed E-state index contributed by atoms with van der Waals surface area (Å²) < 4.78 is 2.32. The van der Waals surface area contributed by atoms with Gasteiger partial charge in [0.25, 0.3) is 0 Å². The first-order valence-electron chi connectivity index (χ1n) is 6.71. The monoisotopic (exact) mass is 330 g/mol. The van der Waals surface area contributed by atoms with Crippen molar-refractivity contribution in [3.63, 3.8) is 0 Å². The Morgan fingerprint density at radius 1 is 1.05 bits per heavy atom. The van der Waals surface area contributed by atoms with Crippen molar-refractivity contribution in [2.24, 2.45) is 0 Å². The van der Waals surface area contributed by atoms with Gasteiger partial charge in [-0.1, -0.05) is 12.1 Å². The first-order chi connectivity index (χ1) is 9.24. The molecule has 0 aliphatic carbocycles. The van der Waals surface area contributed by atoms with Crippen molar-refractivity contribution in [1.82, 2.24) is 0 Å². The van der Waals surface area contributed by atoms with Crippen molar-refractivity contribution >= 4 is 17.3 Å². The highest BCUT2D eigenvalue weighted by Crippen LogP contribution is 2.24. The molecule has 1 aromatic carbocycles. The average molecular weight is 331 g/mol. The maximum atomic E-state index is 2.32. The topological polar surface area (TPSA) is 7.12 Å². The average Bonchev–Trinajstić information content (AvgIpc) is 2.83. The lowest BCUT2D eigenvalue weighted by molar-refractivity contribution is -0.689. The zero-order chi connectivity index (χ0) is 13.2. The van der Waals surface area contributed by atoms with Crippen LogP contribution < -0.4 is 26.4 Å². The van der Waals surface area contributed by atoms with Crippen molar-refractivity contribution in [2.75, 3.05) is 19.0 Å². The molecular formula is C17H19BrN2. The Bertz CT molecular complexity index is 615. The second-order valence-corrected chi connectivity index (χ2v) is 5.18. The zero-order valence-electron chi connectivity index (χ0n) is 11.9. The third kappa shape index (κ3) is 2.93. The number of rotatable bonds is 2. The molecule has 0 atom stereocenters. The second-order valence-electron chi connectivity index (χ2n) is 5.18. The van der Waals surface area contributed by atoms with Crippen LogP contribution in [0.4, 0.5) is 5.69 Å². The summed E-state index contributed by atoms with van der Waals surface area (Å²) in [5.41, 5.74) is 5.29. The quantitative estimate of drug-likeness (QED) is 0.702. The lowest BCUT2D eigenvalue weighted by Crippen LogP contribution is -3.00. The van der Waals surface area contributed by atoms with Gasteiger partial charge in [-0.05, 0) is 29.8 Å². The van der Waals surface area contributed by atoms with Crippen molar-refractivity contribution in [3.8, 4) is 0 Å². The fourth-order valence-electron chi connectivity index (χ4n) is 2.55. The molecule has 0 unspecified atom stereocenters. The van der Waals surface area contributed by atoms with Gasteiger partial charge in [0.1, 0.15) is 0 Å². The summed E-state index contributed by atoms with van der Waals surface area (Å²) in [7, 11) is 4.13. The molecule has 0 saturated heterocycles. The molecule has 2 heterocycles. The molecule has 1 aromatic heterocycles. The standard InChI is InChI=1S/C17H19N2.BrH/c1-18(2)16-8-6-14(7-9-16)13-15-10-12-19-11-4-3-5-17(15)19;/h3-9,11,13H,10,12H2,1-2H3;1H/q+1;/p-1. The van der Waals surface area contributed by atoms with Gasteiger partial charge in [-0.25, -0.2) is 0 Å². The number of aryl methyl sites for hydroxylation is 1. The van der Waals surface area contributed by atoms with Gasteiger partial charge in [-0.15, -0.1) is 0 Å². The highest BCUT2D eigenvalue weighted by atomic mass is 79.9. The van der Waals surface area contributed by atoms with E-state index in [9.17, 15) is 0 Å². The van der Waals surface area contributed by atoms with Crippen LogP contribution in [0.3, 0.4) is 0 Å². The van der Waals surface area contributed by atoms with Crippen LogP contribution in [-0.2, 0) is 6.54 Å². The van der Waals surface area contributed by atoms with E-state index < -0.39 is 0 Å². The van der Waals surface area contributed by atoms with Crippen molar-refractivity contribution in [2.45, 2.75) is 13.0 Å². The SMILES string of the molecule is CN(C)c1ccc(/C=C2\CC[n+]3ccccc32)cc1.[Br-]. The van der Waals surface area contributed by atoms with Gasteiger partial charge < -0.3 is 21.9 Å². The second kappa shape index (κ2) is 6.23. The predicted molar refractivity (Wildman–Crippen MR) is 79.9 cm³/mol. The maximum Gasteiger partial charge on any atom is 0.208 e. The maximum absolute atomic E-state index is 2.32. The van der Waals surface area contributed by atoms with Crippen LogP contribution in [0.5, 0.6) is 0 Å². The first kappa shape index (κ1) is 14.8. The van der Waals surface area contributed by atoms with Crippen molar-refractivity contribution < 1.29 is 21.5 Å². The van der Waals surface area contributed by atoms with Crippen LogP contribution in [-0.4, -0.2) is 14.1 Å². The Hall–Kier alpha value is -1.61. The number of fused-ring (bicyclic) bond motifs is 1. The number of benzene rings is 1. The molecule has 0 amide bonds. The van der Waals surface area contributed by atoms with Crippen molar-refractivity contribution in [3.05, 3.63) is 59.9 Å². The third-order valence-electron chi connectivity index (χ3n) is 3.64. The minimum absolute atomic E-state index is 0. The Morgan fingerprint density at radius 2 is 1.80 bits per heavy atom. The number of hydrogen-bond donors (Lipinski definition) is 0. The highest BCUT2D eigenvalue weighted by Gasteiger charge is 2.22. The number of halogens is 1. The van der Waals surface area contributed by atoms with E-state index in [1.54, 1.807) is 0 Å². The van der Waals surface area contributed by atoms with E-state index in [2.05, 4.69) is 78.3 Å². The number of hydrogen-bond acceptors (Lipinski definition) is 1. The predicted octanol–water partition coefficient (Wildman–Crippen LogP) is -0.0116. The van der Waals surface area contributed by atoms with E-state index in [0.29, 0.717) is 0 Å². The minimum Gasteiger partial charge on any atom is -1.00 e. The molecule has 104 valence electrons. The lowest BCUT2D eigenvalue weighted by atomic mass is 10.1. The van der Waals surface area contributed by atoms with Gasteiger partial charge in [0.15, 0.2) is 12.7 Å². The Labute approximate surface area is 131 Å². The van der Waals surface area contributed by atoms with Gasteiger partial charge in [0.05, 0.1) is 0 Å². The van der Waals surface area contributed by atoms with E-state index in [1.165, 1.54) is 22.5 Å². The van der Waals surface area contributed by atoms with Crippen LogP contribution >= 0.6 is 0 Å². The third-order valence-corrected chi connectivity index (χ3v) is 3.64. The van der Waals surface area contributed by atoms with Gasteiger partial charge in [-0.3, -0.25) is 0 Å². The number of aromatic nitrogens is 1. The van der Waals surface area contributed by atoms with E-state index in [4.69, 9.17) is 0 Å². The smallest absolute Gasteiger partial charge is 0.208 e. The molecule has 0 radical (unpaired) electrons.